The second-order valence-corrected chi connectivity index (χ2v) is 5.76. The molecule has 3 nitrogen and oxygen atoms in total. The van der Waals surface area contributed by atoms with Crippen LogP contribution in [0.5, 0.6) is 0 Å². The number of aromatic nitrogens is 1. The van der Waals surface area contributed by atoms with Crippen LogP contribution in [-0.2, 0) is 0 Å². The van der Waals surface area contributed by atoms with E-state index in [0.29, 0.717) is 0 Å². The molecule has 1 heterocycles. The molecule has 1 aromatic rings. The Kier molecular flexibility index (Phi) is 4.74. The average molecular weight is 286 g/mol. The van der Waals surface area contributed by atoms with Gasteiger partial charge in [-0.25, -0.2) is 4.98 Å². The smallest absolute Gasteiger partial charge is 0.142 e. The van der Waals surface area contributed by atoms with Crippen LogP contribution in [0.4, 0.5) is 5.82 Å². The summed E-state index contributed by atoms with van der Waals surface area (Å²) < 4.78 is 1.04. The molecule has 0 aliphatic heterocycles. The van der Waals surface area contributed by atoms with Crippen molar-refractivity contribution in [2.75, 3.05) is 25.0 Å². The molecule has 0 aromatic carbocycles. The number of nitrogens with one attached hydrogen (secondary N) is 1. The Hall–Kier alpha value is -0.610. The van der Waals surface area contributed by atoms with Crippen LogP contribution >= 0.6 is 15.9 Å². The van der Waals surface area contributed by atoms with Crippen molar-refractivity contribution in [2.24, 2.45) is 0 Å². The summed E-state index contributed by atoms with van der Waals surface area (Å²) in [6, 6.07) is 3.94. The number of anilines is 1. The third-order valence-corrected chi connectivity index (χ3v) is 2.82. The van der Waals surface area contributed by atoms with Gasteiger partial charge in [-0.05, 0) is 48.8 Å². The molecule has 0 fully saturated rings. The minimum absolute atomic E-state index is 0.169. The standard InChI is InChI=1S/C12H20BrN3/c1-12(2,3)15-8-9-16(4)11-10(13)6-5-7-14-11/h5-7,15H,8-9H2,1-4H3. The highest BCUT2D eigenvalue weighted by atomic mass is 79.9. The molecule has 1 rings (SSSR count). The number of hydrogen-bond acceptors (Lipinski definition) is 3. The highest BCUT2D eigenvalue weighted by molar-refractivity contribution is 9.10. The van der Waals surface area contributed by atoms with Crippen LogP contribution < -0.4 is 10.2 Å². The molecular formula is C12H20BrN3. The van der Waals surface area contributed by atoms with Gasteiger partial charge in [-0.2, -0.15) is 0 Å². The maximum absolute atomic E-state index is 4.34. The summed E-state index contributed by atoms with van der Waals surface area (Å²) in [7, 11) is 2.05. The Morgan fingerprint density at radius 3 is 2.69 bits per heavy atom. The van der Waals surface area contributed by atoms with Crippen molar-refractivity contribution in [3.8, 4) is 0 Å². The maximum atomic E-state index is 4.34. The molecule has 0 bridgehead atoms. The van der Waals surface area contributed by atoms with E-state index in [0.717, 1.165) is 23.4 Å². The number of pyridine rings is 1. The highest BCUT2D eigenvalue weighted by Crippen LogP contribution is 2.21. The Balaban J connectivity index is 2.47. The Bertz CT molecular complexity index is 333. The summed E-state index contributed by atoms with van der Waals surface area (Å²) in [6.07, 6.45) is 1.81. The molecule has 16 heavy (non-hydrogen) atoms. The van der Waals surface area contributed by atoms with Gasteiger partial charge in [-0.15, -0.1) is 0 Å². The van der Waals surface area contributed by atoms with Crippen LogP contribution in [-0.4, -0.2) is 30.7 Å². The highest BCUT2D eigenvalue weighted by Gasteiger charge is 2.10. The fourth-order valence-corrected chi connectivity index (χ4v) is 1.92. The molecule has 90 valence electrons. The summed E-state index contributed by atoms with van der Waals surface area (Å²) in [5.74, 6) is 0.984. The van der Waals surface area contributed by atoms with Gasteiger partial charge in [0, 0.05) is 31.9 Å². The topological polar surface area (TPSA) is 28.2 Å². The van der Waals surface area contributed by atoms with E-state index < -0.39 is 0 Å². The Morgan fingerprint density at radius 1 is 1.44 bits per heavy atom. The van der Waals surface area contributed by atoms with Gasteiger partial charge in [-0.3, -0.25) is 0 Å². The van der Waals surface area contributed by atoms with E-state index in [-0.39, 0.29) is 5.54 Å². The molecule has 0 radical (unpaired) electrons. The normalized spacial score (nSPS) is 11.6. The van der Waals surface area contributed by atoms with E-state index in [2.05, 4.69) is 58.9 Å². The zero-order valence-corrected chi connectivity index (χ0v) is 12.0. The van der Waals surface area contributed by atoms with Crippen molar-refractivity contribution in [3.63, 3.8) is 0 Å². The minimum atomic E-state index is 0.169. The van der Waals surface area contributed by atoms with Gasteiger partial charge in [-0.1, -0.05) is 0 Å². The van der Waals surface area contributed by atoms with Gasteiger partial charge >= 0.3 is 0 Å². The predicted octanol–water partition coefficient (Wildman–Crippen LogP) is 2.67. The Morgan fingerprint density at radius 2 is 2.12 bits per heavy atom. The zero-order chi connectivity index (χ0) is 12.2. The van der Waals surface area contributed by atoms with Crippen molar-refractivity contribution >= 4 is 21.7 Å². The Labute approximate surface area is 106 Å². The largest absolute Gasteiger partial charge is 0.357 e. The van der Waals surface area contributed by atoms with Crippen molar-refractivity contribution in [1.29, 1.82) is 0 Å². The monoisotopic (exact) mass is 285 g/mol. The molecule has 0 saturated heterocycles. The van der Waals surface area contributed by atoms with Crippen molar-refractivity contribution in [1.82, 2.24) is 10.3 Å². The van der Waals surface area contributed by atoms with E-state index in [1.165, 1.54) is 0 Å². The van der Waals surface area contributed by atoms with Crippen molar-refractivity contribution < 1.29 is 0 Å². The summed E-state index contributed by atoms with van der Waals surface area (Å²) in [5, 5.41) is 3.46. The lowest BCUT2D eigenvalue weighted by molar-refractivity contribution is 0.430. The second kappa shape index (κ2) is 5.64. The summed E-state index contributed by atoms with van der Waals surface area (Å²) in [6.45, 7) is 8.40. The van der Waals surface area contributed by atoms with E-state index in [1.807, 2.05) is 18.3 Å². The summed E-state index contributed by atoms with van der Waals surface area (Å²) in [4.78, 5) is 6.49. The molecule has 0 atom stereocenters. The van der Waals surface area contributed by atoms with Crippen LogP contribution in [0.1, 0.15) is 20.8 Å². The molecule has 0 saturated carbocycles. The fourth-order valence-electron chi connectivity index (χ4n) is 1.36. The third kappa shape index (κ3) is 4.49. The molecule has 0 unspecified atom stereocenters. The van der Waals surface area contributed by atoms with Crippen LogP contribution in [0.15, 0.2) is 22.8 Å². The van der Waals surface area contributed by atoms with E-state index in [4.69, 9.17) is 0 Å². The molecule has 0 aliphatic carbocycles. The predicted molar refractivity (Wildman–Crippen MR) is 73.0 cm³/mol. The summed E-state index contributed by atoms with van der Waals surface area (Å²) in [5.41, 5.74) is 0.169. The minimum Gasteiger partial charge on any atom is -0.357 e. The quantitative estimate of drug-likeness (QED) is 0.922. The first-order chi connectivity index (χ1) is 7.40. The van der Waals surface area contributed by atoms with E-state index >= 15 is 0 Å². The van der Waals surface area contributed by atoms with Gasteiger partial charge in [0.25, 0.3) is 0 Å². The summed E-state index contributed by atoms with van der Waals surface area (Å²) >= 11 is 3.50. The average Bonchev–Trinajstić information content (AvgIpc) is 2.16. The lowest BCUT2D eigenvalue weighted by Crippen LogP contribution is -2.40. The molecular weight excluding hydrogens is 266 g/mol. The second-order valence-electron chi connectivity index (χ2n) is 4.91. The number of rotatable bonds is 4. The molecule has 0 aliphatic rings. The molecule has 0 spiro atoms. The van der Waals surface area contributed by atoms with Gasteiger partial charge < -0.3 is 10.2 Å². The number of likely N-dealkylation sites (N-methyl/N-ethyl adjacent to an activating group) is 1. The van der Waals surface area contributed by atoms with E-state index in [9.17, 15) is 0 Å². The first-order valence-corrected chi connectivity index (χ1v) is 6.26. The lowest BCUT2D eigenvalue weighted by Gasteiger charge is -2.24. The van der Waals surface area contributed by atoms with Crippen molar-refractivity contribution in [2.45, 2.75) is 26.3 Å². The number of nitrogens with zero attached hydrogens (tertiary/aromatic N) is 2. The number of halogens is 1. The number of hydrogen-bond donors (Lipinski definition) is 1. The zero-order valence-electron chi connectivity index (χ0n) is 10.4. The molecule has 0 amide bonds. The van der Waals surface area contributed by atoms with Gasteiger partial charge in [0.15, 0.2) is 0 Å². The van der Waals surface area contributed by atoms with Gasteiger partial charge in [0.1, 0.15) is 5.82 Å². The SMILES string of the molecule is CN(CCNC(C)(C)C)c1ncccc1Br. The van der Waals surface area contributed by atoms with Crippen LogP contribution in [0, 0.1) is 0 Å². The van der Waals surface area contributed by atoms with Gasteiger partial charge in [0.05, 0.1) is 4.47 Å². The van der Waals surface area contributed by atoms with E-state index in [1.54, 1.807) is 0 Å². The molecule has 4 heteroatoms. The fraction of sp³-hybridized carbons (Fsp3) is 0.583. The first kappa shape index (κ1) is 13.5. The van der Waals surface area contributed by atoms with Crippen LogP contribution in [0.25, 0.3) is 0 Å². The van der Waals surface area contributed by atoms with Crippen LogP contribution in [0.3, 0.4) is 0 Å². The third-order valence-electron chi connectivity index (χ3n) is 2.20. The lowest BCUT2D eigenvalue weighted by atomic mass is 10.1. The first-order valence-electron chi connectivity index (χ1n) is 5.47. The van der Waals surface area contributed by atoms with Crippen LogP contribution in [0.2, 0.25) is 0 Å². The maximum Gasteiger partial charge on any atom is 0.142 e. The molecule has 1 N–H and O–H groups in total. The van der Waals surface area contributed by atoms with Gasteiger partial charge in [0.2, 0.25) is 0 Å². The van der Waals surface area contributed by atoms with Crippen molar-refractivity contribution in [3.05, 3.63) is 22.8 Å². The molecule has 1 aromatic heterocycles.